The minimum absolute atomic E-state index is 0.703. The van der Waals surface area contributed by atoms with Crippen molar-refractivity contribution in [1.29, 1.82) is 0 Å². The SMILES string of the molecule is c1ccc(-c2cccc(-c3cccc(-c4nc(-c5cccc(-c6cccc7c6oc6ccccc67)c5)nc5sc6ccccc6c45)c3)c2)cc1.c1ccc(-c2cccc(-c3cccc(-c4nc(-c5cccc(-c6cccc7c6sc6ccccc67)c5)nc5sc6ccccc6c45)c3)c2)cc1. The van der Waals surface area contributed by atoms with Crippen LogP contribution in [0.15, 0.2) is 344 Å². The molecule has 0 unspecified atom stereocenters. The first-order chi connectivity index (χ1) is 49.5. The van der Waals surface area contributed by atoms with Crippen LogP contribution < -0.4 is 0 Å². The lowest BCUT2D eigenvalue weighted by atomic mass is 9.96. The van der Waals surface area contributed by atoms with Gasteiger partial charge in [-0.2, -0.15) is 0 Å². The Morgan fingerprint density at radius 3 is 1.08 bits per heavy atom. The van der Waals surface area contributed by atoms with Crippen molar-refractivity contribution in [3.8, 4) is 112 Å². The number of benzene rings is 14. The molecule has 0 atom stereocenters. The summed E-state index contributed by atoms with van der Waals surface area (Å²) in [6.45, 7) is 0. The van der Waals surface area contributed by atoms with Gasteiger partial charge in [0.25, 0.3) is 0 Å². The van der Waals surface area contributed by atoms with Crippen molar-refractivity contribution in [2.45, 2.75) is 0 Å². The van der Waals surface area contributed by atoms with Crippen LogP contribution in [0.25, 0.3) is 195 Å². The summed E-state index contributed by atoms with van der Waals surface area (Å²) in [5.74, 6) is 1.44. The monoisotopic (exact) mass is 1330 g/mol. The second-order valence-electron chi connectivity index (χ2n) is 25.1. The quantitative estimate of drug-likeness (QED) is 0.137. The van der Waals surface area contributed by atoms with Crippen LogP contribution in [0.3, 0.4) is 0 Å². The number of aromatic nitrogens is 4. The highest BCUT2D eigenvalue weighted by atomic mass is 32.1. The average Bonchev–Trinajstić information content (AvgIpc) is 1.58. The fourth-order valence-electron chi connectivity index (χ4n) is 14.2. The molecule has 468 valence electrons. The lowest BCUT2D eigenvalue weighted by Gasteiger charge is -2.11. The van der Waals surface area contributed by atoms with E-state index in [-0.39, 0.29) is 0 Å². The van der Waals surface area contributed by atoms with Gasteiger partial charge in [0.15, 0.2) is 11.6 Å². The fourth-order valence-corrected chi connectivity index (χ4v) is 17.6. The third-order valence-electron chi connectivity index (χ3n) is 19.0. The molecule has 14 aromatic carbocycles. The molecule has 0 amide bonds. The van der Waals surface area contributed by atoms with E-state index in [9.17, 15) is 0 Å². The van der Waals surface area contributed by atoms with E-state index in [1.54, 1.807) is 22.7 Å². The third kappa shape index (κ3) is 10.7. The average molecular weight is 1330 g/mol. The van der Waals surface area contributed by atoms with E-state index in [0.29, 0.717) is 5.82 Å². The Bertz CT molecular complexity index is 6160. The van der Waals surface area contributed by atoms with Crippen molar-refractivity contribution < 1.29 is 4.42 Å². The van der Waals surface area contributed by atoms with Crippen LogP contribution in [0.2, 0.25) is 0 Å². The molecule has 0 fully saturated rings. The van der Waals surface area contributed by atoms with Crippen LogP contribution in [0.5, 0.6) is 0 Å². The number of thiophene rings is 3. The summed E-state index contributed by atoms with van der Waals surface area (Å²) < 4.78 is 11.4. The van der Waals surface area contributed by atoms with E-state index >= 15 is 0 Å². The van der Waals surface area contributed by atoms with Crippen LogP contribution in [0, 0.1) is 0 Å². The maximum Gasteiger partial charge on any atom is 0.161 e. The third-order valence-corrected chi connectivity index (χ3v) is 22.4. The van der Waals surface area contributed by atoms with Gasteiger partial charge in [-0.1, -0.05) is 279 Å². The minimum Gasteiger partial charge on any atom is -0.455 e. The van der Waals surface area contributed by atoms with Gasteiger partial charge < -0.3 is 4.42 Å². The molecule has 0 bridgehead atoms. The predicted molar refractivity (Wildman–Crippen MR) is 424 cm³/mol. The molecule has 20 rings (SSSR count). The van der Waals surface area contributed by atoms with Crippen LogP contribution in [-0.2, 0) is 0 Å². The van der Waals surface area contributed by atoms with Gasteiger partial charge in [0.2, 0.25) is 0 Å². The molecule has 0 saturated heterocycles. The number of hydrogen-bond donors (Lipinski definition) is 0. The Kier molecular flexibility index (Phi) is 14.7. The molecule has 8 heteroatoms. The van der Waals surface area contributed by atoms with E-state index in [0.717, 1.165) is 104 Å². The molecular formula is C92H56N4OS3. The molecule has 0 saturated carbocycles. The van der Waals surface area contributed by atoms with E-state index in [4.69, 9.17) is 24.4 Å². The molecule has 6 heterocycles. The standard InChI is InChI=1S/C46H28N2OS.C46H28N2S2/c2*1-2-12-29(13-3-1)30-14-8-15-31(26-30)32-16-9-18-34(27-32)43-42-39-21-5-7-25-41(39)50-46(42)48-45(47-43)35-19-10-17-33(28-35)36-22-11-23-38-37-20-4-6-24-40(37)49-44(36)38/h2*1-28H. The molecular weight excluding hydrogens is 1270 g/mol. The zero-order valence-corrected chi connectivity index (χ0v) is 56.2. The number of hydrogen-bond acceptors (Lipinski definition) is 8. The lowest BCUT2D eigenvalue weighted by Crippen LogP contribution is -1.94. The molecule has 5 nitrogen and oxygen atoms in total. The van der Waals surface area contributed by atoms with Gasteiger partial charge in [-0.15, -0.1) is 34.0 Å². The van der Waals surface area contributed by atoms with E-state index in [1.807, 2.05) is 23.5 Å². The Morgan fingerprint density at radius 2 is 0.560 bits per heavy atom. The smallest absolute Gasteiger partial charge is 0.161 e. The van der Waals surface area contributed by atoms with Crippen molar-refractivity contribution in [3.63, 3.8) is 0 Å². The van der Waals surface area contributed by atoms with Crippen LogP contribution in [0.4, 0.5) is 0 Å². The van der Waals surface area contributed by atoms with Gasteiger partial charge in [0.05, 0.1) is 11.4 Å². The Hall–Kier alpha value is -12.3. The highest BCUT2D eigenvalue weighted by Gasteiger charge is 2.22. The summed E-state index contributed by atoms with van der Waals surface area (Å²) in [6, 6.07) is 120. The van der Waals surface area contributed by atoms with Crippen molar-refractivity contribution in [3.05, 3.63) is 340 Å². The number of fused-ring (bicyclic) bond motifs is 12. The van der Waals surface area contributed by atoms with Crippen molar-refractivity contribution in [2.24, 2.45) is 0 Å². The van der Waals surface area contributed by atoms with Gasteiger partial charge in [-0.05, 0) is 122 Å². The lowest BCUT2D eigenvalue weighted by molar-refractivity contribution is 0.670. The second-order valence-corrected chi connectivity index (χ2v) is 28.2. The summed E-state index contributed by atoms with van der Waals surface area (Å²) >= 11 is 5.31. The predicted octanol–water partition coefficient (Wildman–Crippen LogP) is 26.6. The van der Waals surface area contributed by atoms with Crippen molar-refractivity contribution >= 4 is 117 Å². The van der Waals surface area contributed by atoms with Gasteiger partial charge in [-0.3, -0.25) is 0 Å². The first kappa shape index (κ1) is 59.0. The summed E-state index contributed by atoms with van der Waals surface area (Å²) in [4.78, 5) is 23.2. The Morgan fingerprint density at radius 1 is 0.220 bits per heavy atom. The van der Waals surface area contributed by atoms with Crippen LogP contribution in [-0.4, -0.2) is 19.9 Å². The van der Waals surface area contributed by atoms with Crippen molar-refractivity contribution in [2.75, 3.05) is 0 Å². The Balaban J connectivity index is 0.000000139. The topological polar surface area (TPSA) is 64.7 Å². The first-order valence-corrected chi connectivity index (χ1v) is 35.9. The minimum atomic E-state index is 0.703. The molecule has 0 radical (unpaired) electrons. The maximum atomic E-state index is 6.40. The molecule has 0 aliphatic rings. The van der Waals surface area contributed by atoms with Crippen LogP contribution >= 0.6 is 34.0 Å². The Labute approximate surface area is 588 Å². The molecule has 100 heavy (non-hydrogen) atoms. The molecule has 20 aromatic rings. The summed E-state index contributed by atoms with van der Waals surface area (Å²) in [5, 5.41) is 9.41. The van der Waals surface area contributed by atoms with Crippen molar-refractivity contribution in [1.82, 2.24) is 19.9 Å². The van der Waals surface area contributed by atoms with Gasteiger partial charge >= 0.3 is 0 Å². The fraction of sp³-hybridized carbons (Fsp3) is 0. The number of nitrogens with zero attached hydrogens (tertiary/aromatic N) is 4. The largest absolute Gasteiger partial charge is 0.455 e. The highest BCUT2D eigenvalue weighted by molar-refractivity contribution is 7.26. The molecule has 0 aliphatic heterocycles. The summed E-state index contributed by atoms with van der Waals surface area (Å²) in [7, 11) is 0. The summed E-state index contributed by atoms with van der Waals surface area (Å²) in [5.41, 5.74) is 21.8. The van der Waals surface area contributed by atoms with E-state index in [1.165, 1.54) is 84.9 Å². The second kappa shape index (κ2) is 25.0. The first-order valence-electron chi connectivity index (χ1n) is 33.5. The zero-order chi connectivity index (χ0) is 66.0. The number of rotatable bonds is 10. The van der Waals surface area contributed by atoms with E-state index in [2.05, 4.69) is 328 Å². The van der Waals surface area contributed by atoms with Gasteiger partial charge in [0.1, 0.15) is 20.8 Å². The molecule has 0 spiro atoms. The number of furan rings is 1. The van der Waals surface area contributed by atoms with E-state index < -0.39 is 0 Å². The molecule has 0 aliphatic carbocycles. The molecule has 0 N–H and O–H groups in total. The van der Waals surface area contributed by atoms with Gasteiger partial charge in [-0.25, -0.2) is 19.9 Å². The summed E-state index contributed by atoms with van der Waals surface area (Å²) in [6.07, 6.45) is 0. The maximum absolute atomic E-state index is 6.40. The van der Waals surface area contributed by atoms with Crippen LogP contribution in [0.1, 0.15) is 0 Å². The normalized spacial score (nSPS) is 11.6. The highest BCUT2D eigenvalue weighted by Crippen LogP contribution is 2.46. The van der Waals surface area contributed by atoms with Gasteiger partial charge in [0, 0.05) is 89.7 Å². The zero-order valence-electron chi connectivity index (χ0n) is 53.8. The number of para-hydroxylation sites is 2. The molecule has 6 aromatic heterocycles.